The van der Waals surface area contributed by atoms with Crippen LogP contribution in [0.3, 0.4) is 0 Å². The van der Waals surface area contributed by atoms with E-state index in [1.807, 2.05) is 0 Å². The van der Waals surface area contributed by atoms with Crippen molar-refractivity contribution in [3.63, 3.8) is 0 Å². The summed E-state index contributed by atoms with van der Waals surface area (Å²) < 4.78 is 0. The summed E-state index contributed by atoms with van der Waals surface area (Å²) in [6, 6.07) is 0. The minimum absolute atomic E-state index is 0.00621. The van der Waals surface area contributed by atoms with Crippen LogP contribution in [-0.4, -0.2) is 5.54 Å². The van der Waals surface area contributed by atoms with Crippen molar-refractivity contribution in [3.05, 3.63) is 0 Å². The Kier molecular flexibility index (Phi) is 4.07. The van der Waals surface area contributed by atoms with Crippen LogP contribution in [0.2, 0.25) is 0 Å². The minimum atomic E-state index is -0.00621. The summed E-state index contributed by atoms with van der Waals surface area (Å²) in [7, 11) is 0. The normalized spacial score (nSPS) is 21.5. The van der Waals surface area contributed by atoms with Gasteiger partial charge in [-0.2, -0.15) is 0 Å². The first-order valence-corrected chi connectivity index (χ1v) is 5.52. The second-order valence-electron chi connectivity index (χ2n) is 4.30. The van der Waals surface area contributed by atoms with Gasteiger partial charge in [0, 0.05) is 5.54 Å². The Bertz CT molecular complexity index is 114. The van der Waals surface area contributed by atoms with Crippen LogP contribution in [-0.2, 0) is 0 Å². The van der Waals surface area contributed by atoms with Gasteiger partial charge >= 0.3 is 0 Å². The van der Waals surface area contributed by atoms with Crippen molar-refractivity contribution < 1.29 is 0 Å². The quantitative estimate of drug-likeness (QED) is 0.561. The first-order chi connectivity index (χ1) is 5.77. The van der Waals surface area contributed by atoms with Crippen LogP contribution in [0.1, 0.15) is 64.7 Å². The molecule has 0 aromatic rings. The Hall–Kier alpha value is -0.0400. The molecule has 1 fully saturated rings. The molecule has 0 atom stereocenters. The summed E-state index contributed by atoms with van der Waals surface area (Å²) in [5, 5.41) is 0. The van der Waals surface area contributed by atoms with Gasteiger partial charge in [0.2, 0.25) is 0 Å². The third-order valence-electron chi connectivity index (χ3n) is 3.07. The van der Waals surface area contributed by atoms with Crippen LogP contribution in [0.25, 0.3) is 0 Å². The third kappa shape index (κ3) is 3.14. The van der Waals surface area contributed by atoms with Gasteiger partial charge in [0.1, 0.15) is 0 Å². The molecule has 0 spiro atoms. The maximum absolute atomic E-state index is 8.12. The van der Waals surface area contributed by atoms with Gasteiger partial charge in [0.05, 0.1) is 0 Å². The number of hydrogen-bond acceptors (Lipinski definition) is 0. The fraction of sp³-hybridized carbons (Fsp3) is 1.00. The summed E-state index contributed by atoms with van der Waals surface area (Å²) in [5.41, 5.74) is 8.11. The van der Waals surface area contributed by atoms with Gasteiger partial charge in [0.15, 0.2) is 0 Å². The van der Waals surface area contributed by atoms with Crippen LogP contribution >= 0.6 is 0 Å². The van der Waals surface area contributed by atoms with Gasteiger partial charge in [-0.15, -0.1) is 0 Å². The molecule has 1 N–H and O–H groups in total. The standard InChI is InChI=1S/C11H22N/c1-2-3-4-5-8-11(12)9-6-7-10-11/h12H,2-10H2,1H3. The van der Waals surface area contributed by atoms with Crippen molar-refractivity contribution in [1.29, 1.82) is 0 Å². The molecule has 0 unspecified atom stereocenters. The highest BCUT2D eigenvalue weighted by Crippen LogP contribution is 2.33. The molecule has 0 amide bonds. The summed E-state index contributed by atoms with van der Waals surface area (Å²) >= 11 is 0. The zero-order valence-electron chi connectivity index (χ0n) is 8.36. The Morgan fingerprint density at radius 1 is 1.08 bits per heavy atom. The van der Waals surface area contributed by atoms with Crippen molar-refractivity contribution in [2.45, 2.75) is 70.3 Å². The fourth-order valence-electron chi connectivity index (χ4n) is 2.19. The van der Waals surface area contributed by atoms with Gasteiger partial charge < -0.3 is 0 Å². The lowest BCUT2D eigenvalue weighted by molar-refractivity contribution is 0.371. The molecule has 0 bridgehead atoms. The lowest BCUT2D eigenvalue weighted by atomic mass is 9.92. The van der Waals surface area contributed by atoms with E-state index >= 15 is 0 Å². The maximum atomic E-state index is 8.12. The molecule has 0 saturated heterocycles. The number of hydrogen-bond donors (Lipinski definition) is 0. The minimum Gasteiger partial charge on any atom is -0.251 e. The zero-order chi connectivity index (χ0) is 8.86. The monoisotopic (exact) mass is 168 g/mol. The van der Waals surface area contributed by atoms with E-state index in [2.05, 4.69) is 6.92 Å². The number of nitrogens with one attached hydrogen (secondary N) is 1. The van der Waals surface area contributed by atoms with Crippen molar-refractivity contribution in [1.82, 2.24) is 5.73 Å². The second kappa shape index (κ2) is 4.86. The molecule has 71 valence electrons. The predicted molar refractivity (Wildman–Crippen MR) is 53.1 cm³/mol. The highest BCUT2D eigenvalue weighted by atomic mass is 14.7. The zero-order valence-corrected chi connectivity index (χ0v) is 8.36. The molecule has 0 aromatic carbocycles. The van der Waals surface area contributed by atoms with E-state index in [9.17, 15) is 0 Å². The topological polar surface area (TPSA) is 23.8 Å². The SMILES string of the molecule is CCCCCCC1([NH])CCCC1. The van der Waals surface area contributed by atoms with Crippen LogP contribution in [0.15, 0.2) is 0 Å². The smallest absolute Gasteiger partial charge is 0.0324 e. The average molecular weight is 168 g/mol. The van der Waals surface area contributed by atoms with Crippen LogP contribution in [0.4, 0.5) is 0 Å². The van der Waals surface area contributed by atoms with Gasteiger partial charge in [0.25, 0.3) is 0 Å². The number of rotatable bonds is 5. The molecule has 1 heteroatoms. The van der Waals surface area contributed by atoms with E-state index in [0.29, 0.717) is 0 Å². The van der Waals surface area contributed by atoms with Crippen molar-refractivity contribution in [2.75, 3.05) is 0 Å². The van der Waals surface area contributed by atoms with Crippen LogP contribution < -0.4 is 5.73 Å². The Balaban J connectivity index is 2.05. The Morgan fingerprint density at radius 2 is 1.75 bits per heavy atom. The summed E-state index contributed by atoms with van der Waals surface area (Å²) in [6.07, 6.45) is 11.4. The van der Waals surface area contributed by atoms with Crippen LogP contribution in [0.5, 0.6) is 0 Å². The van der Waals surface area contributed by atoms with E-state index in [4.69, 9.17) is 5.73 Å². The molecule has 12 heavy (non-hydrogen) atoms. The molecule has 1 aliphatic rings. The first kappa shape index (κ1) is 10.0. The summed E-state index contributed by atoms with van der Waals surface area (Å²) in [4.78, 5) is 0. The first-order valence-electron chi connectivity index (χ1n) is 5.52. The molecular formula is C11H22N. The second-order valence-corrected chi connectivity index (χ2v) is 4.30. The van der Waals surface area contributed by atoms with Gasteiger partial charge in [-0.25, -0.2) is 0 Å². The molecule has 1 nitrogen and oxygen atoms in total. The third-order valence-corrected chi connectivity index (χ3v) is 3.07. The largest absolute Gasteiger partial charge is 0.251 e. The van der Waals surface area contributed by atoms with Crippen molar-refractivity contribution >= 4 is 0 Å². The molecule has 1 rings (SSSR count). The van der Waals surface area contributed by atoms with Gasteiger partial charge in [-0.05, 0) is 19.3 Å². The number of unbranched alkanes of at least 4 members (excludes halogenated alkanes) is 3. The van der Waals surface area contributed by atoms with E-state index in [-0.39, 0.29) is 5.54 Å². The lowest BCUT2D eigenvalue weighted by Crippen LogP contribution is -2.25. The molecule has 1 saturated carbocycles. The van der Waals surface area contributed by atoms with Crippen molar-refractivity contribution in [3.8, 4) is 0 Å². The Morgan fingerprint density at radius 3 is 2.33 bits per heavy atom. The molecule has 0 aromatic heterocycles. The van der Waals surface area contributed by atoms with E-state index in [1.165, 1.54) is 51.4 Å². The van der Waals surface area contributed by atoms with Crippen molar-refractivity contribution in [2.24, 2.45) is 0 Å². The molecule has 1 aliphatic carbocycles. The molecule has 0 aliphatic heterocycles. The van der Waals surface area contributed by atoms with Crippen LogP contribution in [0, 0.1) is 0 Å². The summed E-state index contributed by atoms with van der Waals surface area (Å²) in [5.74, 6) is 0. The van der Waals surface area contributed by atoms with E-state index in [0.717, 1.165) is 6.42 Å². The van der Waals surface area contributed by atoms with E-state index in [1.54, 1.807) is 0 Å². The maximum Gasteiger partial charge on any atom is 0.0324 e. The summed E-state index contributed by atoms with van der Waals surface area (Å²) in [6.45, 7) is 2.24. The predicted octanol–water partition coefficient (Wildman–Crippen LogP) is 3.55. The fourth-order valence-corrected chi connectivity index (χ4v) is 2.19. The molecule has 1 radical (unpaired) electrons. The van der Waals surface area contributed by atoms with Gasteiger partial charge in [-0.1, -0.05) is 45.4 Å². The lowest BCUT2D eigenvalue weighted by Gasteiger charge is -2.21. The Labute approximate surface area is 76.7 Å². The highest BCUT2D eigenvalue weighted by molar-refractivity contribution is 4.87. The van der Waals surface area contributed by atoms with E-state index < -0.39 is 0 Å². The molecular weight excluding hydrogens is 146 g/mol. The van der Waals surface area contributed by atoms with Gasteiger partial charge in [-0.3, -0.25) is 5.73 Å². The highest BCUT2D eigenvalue weighted by Gasteiger charge is 2.28. The average Bonchev–Trinajstić information content (AvgIpc) is 2.47. The molecule has 0 heterocycles.